The summed E-state index contributed by atoms with van der Waals surface area (Å²) in [7, 11) is 2.04. The third kappa shape index (κ3) is 4.11. The Kier molecular flexibility index (Phi) is 6.04. The van der Waals surface area contributed by atoms with Crippen LogP contribution in [-0.2, 0) is 18.3 Å². The molecule has 2 saturated heterocycles. The Morgan fingerprint density at radius 1 is 1.11 bits per heavy atom. The monoisotopic (exact) mass is 387 g/mol. The van der Waals surface area contributed by atoms with Crippen molar-refractivity contribution in [2.75, 3.05) is 50.8 Å². The maximum Gasteiger partial charge on any atom is 0.131 e. The Balaban J connectivity index is 1.46. The van der Waals surface area contributed by atoms with Crippen LogP contribution in [0, 0.1) is 13.8 Å². The number of aromatic nitrogens is 2. The zero-order valence-electron chi connectivity index (χ0n) is 17.4. The highest BCUT2D eigenvalue weighted by Crippen LogP contribution is 2.27. The molecule has 0 radical (unpaired) electrons. The Hall–Kier alpha value is -1.83. The van der Waals surface area contributed by atoms with Crippen molar-refractivity contribution in [3.63, 3.8) is 0 Å². The summed E-state index contributed by atoms with van der Waals surface area (Å²) in [5.41, 5.74) is 2.39. The van der Waals surface area contributed by atoms with Crippen LogP contribution in [0.25, 0.3) is 0 Å². The zero-order valence-corrected chi connectivity index (χ0v) is 17.4. The second-order valence-corrected chi connectivity index (χ2v) is 7.95. The van der Waals surface area contributed by atoms with Gasteiger partial charge in [-0.3, -0.25) is 9.58 Å². The number of ether oxygens (including phenoxy) is 1. The third-order valence-corrected chi connectivity index (χ3v) is 5.93. The third-order valence-electron chi connectivity index (χ3n) is 5.93. The largest absolute Gasteiger partial charge is 0.465 e. The minimum absolute atomic E-state index is 0.292. The fraction of sp³-hybridized carbons (Fsp3) is 0.667. The molecular formula is C21H33N5O2. The maximum absolute atomic E-state index is 5.99. The van der Waals surface area contributed by atoms with Crippen LogP contribution in [0.2, 0.25) is 0 Å². The van der Waals surface area contributed by atoms with Gasteiger partial charge in [0.15, 0.2) is 0 Å². The molecule has 4 heterocycles. The van der Waals surface area contributed by atoms with Gasteiger partial charge in [0.25, 0.3) is 0 Å². The van der Waals surface area contributed by atoms with Crippen molar-refractivity contribution in [3.8, 4) is 0 Å². The van der Waals surface area contributed by atoms with Gasteiger partial charge in [0.05, 0.1) is 24.9 Å². The normalized spacial score (nSPS) is 19.5. The number of nitrogens with zero attached hydrogens (tertiary/aromatic N) is 4. The van der Waals surface area contributed by atoms with E-state index >= 15 is 0 Å². The fourth-order valence-corrected chi connectivity index (χ4v) is 4.50. The van der Waals surface area contributed by atoms with Crippen LogP contribution in [0.4, 0.5) is 5.82 Å². The number of nitrogens with one attached hydrogen (secondary N) is 1. The number of morpholine rings is 1. The molecule has 0 bridgehead atoms. The molecule has 1 unspecified atom stereocenters. The van der Waals surface area contributed by atoms with Gasteiger partial charge in [-0.05, 0) is 51.9 Å². The van der Waals surface area contributed by atoms with Gasteiger partial charge >= 0.3 is 0 Å². The molecular weight excluding hydrogens is 354 g/mol. The summed E-state index contributed by atoms with van der Waals surface area (Å²) in [4.78, 5) is 4.94. The minimum Gasteiger partial charge on any atom is -0.465 e. The van der Waals surface area contributed by atoms with Crippen molar-refractivity contribution < 1.29 is 9.15 Å². The fourth-order valence-electron chi connectivity index (χ4n) is 4.50. The summed E-state index contributed by atoms with van der Waals surface area (Å²) in [5.74, 6) is 3.28. The summed E-state index contributed by atoms with van der Waals surface area (Å²) >= 11 is 0. The topological polar surface area (TPSA) is 58.7 Å². The van der Waals surface area contributed by atoms with E-state index in [4.69, 9.17) is 9.15 Å². The van der Waals surface area contributed by atoms with Crippen LogP contribution in [0.3, 0.4) is 0 Å². The van der Waals surface area contributed by atoms with Crippen LogP contribution in [0.1, 0.15) is 41.7 Å². The Morgan fingerprint density at radius 3 is 2.54 bits per heavy atom. The quantitative estimate of drug-likeness (QED) is 0.787. The molecule has 154 valence electrons. The molecule has 1 N–H and O–H groups in total. The summed E-state index contributed by atoms with van der Waals surface area (Å²) in [6, 6.07) is 4.49. The van der Waals surface area contributed by atoms with E-state index < -0.39 is 0 Å². The first kappa shape index (κ1) is 19.5. The Bertz CT molecular complexity index is 772. The summed E-state index contributed by atoms with van der Waals surface area (Å²) in [5, 5.41) is 8.40. The standard InChI is InChI=1S/C21H33N5O2/c1-16-6-7-20(28-16)19(25-8-4-5-9-25)15-22-14-18-17(2)23-24(3)21(18)26-10-12-27-13-11-26/h6-7,19,22H,4-5,8-15H2,1-3H3. The molecule has 0 aliphatic carbocycles. The van der Waals surface area contributed by atoms with Gasteiger partial charge in [0.1, 0.15) is 17.3 Å². The van der Waals surface area contributed by atoms with Gasteiger partial charge in [-0.15, -0.1) is 0 Å². The van der Waals surface area contributed by atoms with E-state index in [1.807, 2.05) is 18.7 Å². The first-order valence-electron chi connectivity index (χ1n) is 10.5. The molecule has 0 amide bonds. The molecule has 2 aromatic heterocycles. The summed E-state index contributed by atoms with van der Waals surface area (Å²) < 4.78 is 13.5. The lowest BCUT2D eigenvalue weighted by Gasteiger charge is -2.30. The average molecular weight is 388 g/mol. The number of aryl methyl sites for hydroxylation is 3. The van der Waals surface area contributed by atoms with E-state index in [1.165, 1.54) is 24.2 Å². The lowest BCUT2D eigenvalue weighted by Crippen LogP contribution is -2.38. The highest BCUT2D eigenvalue weighted by atomic mass is 16.5. The first-order chi connectivity index (χ1) is 13.6. The number of hydrogen-bond donors (Lipinski definition) is 1. The summed E-state index contributed by atoms with van der Waals surface area (Å²) in [6.45, 7) is 11.5. The average Bonchev–Trinajstić information content (AvgIpc) is 3.41. The van der Waals surface area contributed by atoms with Crippen LogP contribution < -0.4 is 10.2 Å². The number of furan rings is 1. The number of likely N-dealkylation sites (tertiary alicyclic amines) is 1. The van der Waals surface area contributed by atoms with E-state index in [1.54, 1.807) is 0 Å². The van der Waals surface area contributed by atoms with Crippen LogP contribution in [0.5, 0.6) is 0 Å². The number of anilines is 1. The van der Waals surface area contributed by atoms with Gasteiger partial charge in [-0.2, -0.15) is 5.10 Å². The van der Waals surface area contributed by atoms with E-state index in [9.17, 15) is 0 Å². The van der Waals surface area contributed by atoms with Gasteiger partial charge in [-0.25, -0.2) is 0 Å². The lowest BCUT2D eigenvalue weighted by molar-refractivity contribution is 0.122. The molecule has 2 aliphatic heterocycles. The van der Waals surface area contributed by atoms with E-state index in [0.29, 0.717) is 6.04 Å². The number of rotatable bonds is 7. The van der Waals surface area contributed by atoms with Gasteiger partial charge < -0.3 is 19.4 Å². The van der Waals surface area contributed by atoms with Crippen molar-refractivity contribution in [2.24, 2.45) is 7.05 Å². The second kappa shape index (κ2) is 8.68. The second-order valence-electron chi connectivity index (χ2n) is 7.95. The lowest BCUT2D eigenvalue weighted by atomic mass is 10.1. The molecule has 2 aliphatic rings. The minimum atomic E-state index is 0.292. The van der Waals surface area contributed by atoms with Gasteiger partial charge in [0, 0.05) is 38.8 Å². The van der Waals surface area contributed by atoms with Crippen molar-refractivity contribution in [1.82, 2.24) is 20.0 Å². The summed E-state index contributed by atoms with van der Waals surface area (Å²) in [6.07, 6.45) is 2.55. The van der Waals surface area contributed by atoms with Gasteiger partial charge in [-0.1, -0.05) is 0 Å². The van der Waals surface area contributed by atoms with E-state index in [0.717, 1.165) is 69.7 Å². The van der Waals surface area contributed by atoms with E-state index in [2.05, 4.69) is 39.3 Å². The molecule has 0 spiro atoms. The molecule has 2 aromatic rings. The smallest absolute Gasteiger partial charge is 0.131 e. The molecule has 2 fully saturated rings. The van der Waals surface area contributed by atoms with E-state index in [-0.39, 0.29) is 0 Å². The van der Waals surface area contributed by atoms with Crippen LogP contribution >= 0.6 is 0 Å². The highest BCUT2D eigenvalue weighted by Gasteiger charge is 2.26. The Morgan fingerprint density at radius 2 is 1.86 bits per heavy atom. The predicted molar refractivity (Wildman–Crippen MR) is 110 cm³/mol. The Labute approximate surface area is 167 Å². The SMILES string of the molecule is Cc1ccc(C(CNCc2c(C)nn(C)c2N2CCOCC2)N2CCCC2)o1. The zero-order chi connectivity index (χ0) is 19.5. The first-order valence-corrected chi connectivity index (χ1v) is 10.5. The van der Waals surface area contributed by atoms with Crippen molar-refractivity contribution in [2.45, 2.75) is 39.3 Å². The maximum atomic E-state index is 5.99. The van der Waals surface area contributed by atoms with Crippen molar-refractivity contribution in [3.05, 3.63) is 34.9 Å². The molecule has 7 heteroatoms. The molecule has 1 atom stereocenters. The molecule has 7 nitrogen and oxygen atoms in total. The molecule has 28 heavy (non-hydrogen) atoms. The highest BCUT2D eigenvalue weighted by molar-refractivity contribution is 5.50. The van der Waals surface area contributed by atoms with Gasteiger partial charge in [0.2, 0.25) is 0 Å². The number of hydrogen-bond acceptors (Lipinski definition) is 6. The molecule has 0 saturated carbocycles. The molecule has 0 aromatic carbocycles. The van der Waals surface area contributed by atoms with Crippen LogP contribution in [-0.4, -0.2) is 60.6 Å². The van der Waals surface area contributed by atoms with Crippen LogP contribution in [0.15, 0.2) is 16.5 Å². The van der Waals surface area contributed by atoms with Crippen molar-refractivity contribution >= 4 is 5.82 Å². The predicted octanol–water partition coefficient (Wildman–Crippen LogP) is 2.39. The van der Waals surface area contributed by atoms with Crippen molar-refractivity contribution in [1.29, 1.82) is 0 Å². The molecule has 4 rings (SSSR count).